The first-order valence-electron chi connectivity index (χ1n) is 7.51. The number of nitrogens with one attached hydrogen (secondary N) is 1. The van der Waals surface area contributed by atoms with Crippen molar-refractivity contribution < 1.29 is 9.21 Å². The Morgan fingerprint density at radius 2 is 2.08 bits per heavy atom. The molecule has 0 radical (unpaired) electrons. The summed E-state index contributed by atoms with van der Waals surface area (Å²) in [5.41, 5.74) is 1.69. The number of hydrogen-bond donors (Lipinski definition) is 1. The van der Waals surface area contributed by atoms with Gasteiger partial charge < -0.3 is 9.73 Å². The van der Waals surface area contributed by atoms with Crippen LogP contribution in [0.5, 0.6) is 0 Å². The highest BCUT2D eigenvalue weighted by molar-refractivity contribution is 9.10. The SMILES string of the molecule is O=C(NCCc1nc2ccccc2s1)c1cc2cccc(Br)c2o1. The van der Waals surface area contributed by atoms with Crippen LogP contribution in [0.3, 0.4) is 0 Å². The Bertz CT molecular complexity index is 1000. The van der Waals surface area contributed by atoms with Gasteiger partial charge in [0, 0.05) is 18.4 Å². The van der Waals surface area contributed by atoms with Crippen LogP contribution in [-0.4, -0.2) is 17.4 Å². The summed E-state index contributed by atoms with van der Waals surface area (Å²) in [6.45, 7) is 0.525. The van der Waals surface area contributed by atoms with Gasteiger partial charge in [0.15, 0.2) is 5.76 Å². The molecule has 0 aliphatic rings. The Kier molecular flexibility index (Phi) is 4.08. The van der Waals surface area contributed by atoms with Crippen LogP contribution < -0.4 is 5.32 Å². The van der Waals surface area contributed by atoms with Gasteiger partial charge in [-0.15, -0.1) is 11.3 Å². The van der Waals surface area contributed by atoms with Crippen molar-refractivity contribution in [2.24, 2.45) is 0 Å². The second-order valence-corrected chi connectivity index (χ2v) is 7.32. The van der Waals surface area contributed by atoms with Crippen molar-refractivity contribution >= 4 is 54.4 Å². The molecule has 1 amide bonds. The van der Waals surface area contributed by atoms with E-state index in [2.05, 4.69) is 32.3 Å². The highest BCUT2D eigenvalue weighted by Gasteiger charge is 2.13. The lowest BCUT2D eigenvalue weighted by Crippen LogP contribution is -2.25. The molecule has 2 aromatic carbocycles. The number of benzene rings is 2. The van der Waals surface area contributed by atoms with E-state index in [0.717, 1.165) is 20.4 Å². The van der Waals surface area contributed by atoms with Crippen LogP contribution in [0.1, 0.15) is 15.6 Å². The maximum Gasteiger partial charge on any atom is 0.287 e. The molecule has 0 bridgehead atoms. The second kappa shape index (κ2) is 6.37. The molecule has 0 aliphatic heterocycles. The number of thiazole rings is 1. The summed E-state index contributed by atoms with van der Waals surface area (Å²) in [6.07, 6.45) is 0.703. The van der Waals surface area contributed by atoms with Crippen molar-refractivity contribution in [3.05, 3.63) is 63.8 Å². The van der Waals surface area contributed by atoms with E-state index in [9.17, 15) is 4.79 Å². The quantitative estimate of drug-likeness (QED) is 0.536. The minimum Gasteiger partial charge on any atom is -0.450 e. The third kappa shape index (κ3) is 2.95. The predicted molar refractivity (Wildman–Crippen MR) is 99.6 cm³/mol. The van der Waals surface area contributed by atoms with E-state index >= 15 is 0 Å². The molecular weight excluding hydrogens is 388 g/mol. The van der Waals surface area contributed by atoms with Crippen molar-refractivity contribution in [1.82, 2.24) is 10.3 Å². The van der Waals surface area contributed by atoms with E-state index in [4.69, 9.17) is 4.42 Å². The van der Waals surface area contributed by atoms with Crippen LogP contribution >= 0.6 is 27.3 Å². The van der Waals surface area contributed by atoms with Crippen molar-refractivity contribution in [1.29, 1.82) is 0 Å². The highest BCUT2D eigenvalue weighted by Crippen LogP contribution is 2.27. The van der Waals surface area contributed by atoms with E-state index < -0.39 is 0 Å². The van der Waals surface area contributed by atoms with Crippen molar-refractivity contribution in [2.45, 2.75) is 6.42 Å². The molecule has 0 spiro atoms. The van der Waals surface area contributed by atoms with Gasteiger partial charge in [-0.1, -0.05) is 24.3 Å². The van der Waals surface area contributed by atoms with Crippen LogP contribution in [0.15, 0.2) is 57.4 Å². The normalized spacial score (nSPS) is 11.2. The molecule has 4 rings (SSSR count). The molecular formula is C18H13BrN2O2S. The Morgan fingerprint density at radius 1 is 1.21 bits per heavy atom. The average Bonchev–Trinajstić information content (AvgIpc) is 3.18. The lowest BCUT2D eigenvalue weighted by molar-refractivity contribution is 0.0928. The molecule has 0 saturated carbocycles. The predicted octanol–water partition coefficient (Wildman–Crippen LogP) is 4.78. The number of para-hydroxylation sites is 2. The van der Waals surface area contributed by atoms with Gasteiger partial charge in [0.25, 0.3) is 5.91 Å². The van der Waals surface area contributed by atoms with E-state index in [1.54, 1.807) is 17.4 Å². The zero-order chi connectivity index (χ0) is 16.5. The molecule has 0 aliphatic carbocycles. The van der Waals surface area contributed by atoms with Crippen LogP contribution in [0.25, 0.3) is 21.2 Å². The molecule has 2 heterocycles. The fraction of sp³-hybridized carbons (Fsp3) is 0.111. The van der Waals surface area contributed by atoms with E-state index in [0.29, 0.717) is 24.3 Å². The van der Waals surface area contributed by atoms with Gasteiger partial charge in [0.2, 0.25) is 0 Å². The highest BCUT2D eigenvalue weighted by atomic mass is 79.9. The van der Waals surface area contributed by atoms with Crippen molar-refractivity contribution in [3.63, 3.8) is 0 Å². The van der Waals surface area contributed by atoms with Crippen LogP contribution in [-0.2, 0) is 6.42 Å². The van der Waals surface area contributed by atoms with Gasteiger partial charge in [-0.05, 0) is 40.2 Å². The van der Waals surface area contributed by atoms with Gasteiger partial charge >= 0.3 is 0 Å². The number of hydrogen-bond acceptors (Lipinski definition) is 4. The minimum absolute atomic E-state index is 0.209. The Balaban J connectivity index is 1.43. The molecule has 0 unspecified atom stereocenters. The van der Waals surface area contributed by atoms with Crippen molar-refractivity contribution in [2.75, 3.05) is 6.54 Å². The average molecular weight is 401 g/mol. The number of halogens is 1. The zero-order valence-corrected chi connectivity index (χ0v) is 15.0. The Hall–Kier alpha value is -2.18. The molecule has 0 fully saturated rings. The molecule has 6 heteroatoms. The van der Waals surface area contributed by atoms with Gasteiger partial charge in [-0.2, -0.15) is 0 Å². The maximum atomic E-state index is 12.3. The topological polar surface area (TPSA) is 55.1 Å². The Labute approximate surface area is 150 Å². The largest absolute Gasteiger partial charge is 0.450 e. The molecule has 1 N–H and O–H groups in total. The number of carbonyl (C=O) groups excluding carboxylic acids is 1. The van der Waals surface area contributed by atoms with E-state index in [1.165, 1.54) is 4.70 Å². The monoisotopic (exact) mass is 400 g/mol. The molecule has 4 aromatic rings. The molecule has 0 saturated heterocycles. The molecule has 0 atom stereocenters. The number of aromatic nitrogens is 1. The van der Waals surface area contributed by atoms with Gasteiger partial charge in [0.1, 0.15) is 5.58 Å². The fourth-order valence-electron chi connectivity index (χ4n) is 2.54. The number of amides is 1. The third-order valence-electron chi connectivity index (χ3n) is 3.68. The first-order valence-corrected chi connectivity index (χ1v) is 9.12. The first-order chi connectivity index (χ1) is 11.7. The van der Waals surface area contributed by atoms with Gasteiger partial charge in [0.05, 0.1) is 19.7 Å². The lowest BCUT2D eigenvalue weighted by Gasteiger charge is -2.00. The summed E-state index contributed by atoms with van der Waals surface area (Å²) in [7, 11) is 0. The maximum absolute atomic E-state index is 12.3. The lowest BCUT2D eigenvalue weighted by atomic mass is 10.2. The summed E-state index contributed by atoms with van der Waals surface area (Å²) in [4.78, 5) is 16.8. The summed E-state index contributed by atoms with van der Waals surface area (Å²) in [5, 5.41) is 4.81. The van der Waals surface area contributed by atoms with Crippen LogP contribution in [0.2, 0.25) is 0 Å². The van der Waals surface area contributed by atoms with Gasteiger partial charge in [-0.25, -0.2) is 4.98 Å². The third-order valence-corrected chi connectivity index (χ3v) is 5.40. The summed E-state index contributed by atoms with van der Waals surface area (Å²) in [5.74, 6) is 0.111. The molecule has 120 valence electrons. The summed E-state index contributed by atoms with van der Waals surface area (Å²) >= 11 is 5.09. The first kappa shape index (κ1) is 15.4. The number of furan rings is 1. The molecule has 2 aromatic heterocycles. The second-order valence-electron chi connectivity index (χ2n) is 5.35. The number of rotatable bonds is 4. The van der Waals surface area contributed by atoms with E-state index in [1.807, 2.05) is 36.4 Å². The standard InChI is InChI=1S/C18H13BrN2O2S/c19-12-5-3-4-11-10-14(23-17(11)12)18(22)20-9-8-16-21-13-6-1-2-7-15(13)24-16/h1-7,10H,8-9H2,(H,20,22). The number of nitrogens with zero attached hydrogens (tertiary/aromatic N) is 1. The molecule has 4 nitrogen and oxygen atoms in total. The van der Waals surface area contributed by atoms with E-state index in [-0.39, 0.29) is 5.91 Å². The van der Waals surface area contributed by atoms with Crippen LogP contribution in [0.4, 0.5) is 0 Å². The fourth-order valence-corrected chi connectivity index (χ4v) is 3.97. The summed E-state index contributed by atoms with van der Waals surface area (Å²) in [6, 6.07) is 15.5. The Morgan fingerprint density at radius 3 is 2.92 bits per heavy atom. The number of fused-ring (bicyclic) bond motifs is 2. The smallest absolute Gasteiger partial charge is 0.287 e. The van der Waals surface area contributed by atoms with Gasteiger partial charge in [-0.3, -0.25) is 4.79 Å². The summed E-state index contributed by atoms with van der Waals surface area (Å²) < 4.78 is 7.65. The zero-order valence-electron chi connectivity index (χ0n) is 12.6. The van der Waals surface area contributed by atoms with Crippen molar-refractivity contribution in [3.8, 4) is 0 Å². The minimum atomic E-state index is -0.209. The number of carbonyl (C=O) groups is 1. The molecule has 24 heavy (non-hydrogen) atoms. The van der Waals surface area contributed by atoms with Crippen LogP contribution in [0, 0.1) is 0 Å².